The molecule has 0 aliphatic rings. The van der Waals surface area contributed by atoms with Crippen molar-refractivity contribution < 1.29 is 9.21 Å². The van der Waals surface area contributed by atoms with Crippen molar-refractivity contribution in [2.45, 2.75) is 19.5 Å². The lowest BCUT2D eigenvalue weighted by Gasteiger charge is -2.10. The van der Waals surface area contributed by atoms with Gasteiger partial charge in [0.1, 0.15) is 12.3 Å². The zero-order valence-electron chi connectivity index (χ0n) is 12.3. The Labute approximate surface area is 137 Å². The molecule has 2 aromatic heterocycles. The molecule has 7 nitrogen and oxygen atoms in total. The molecule has 1 amide bonds. The van der Waals surface area contributed by atoms with E-state index in [9.17, 15) is 4.79 Å². The molecular formula is C15H14ClN5O2. The molecule has 3 aromatic rings. The third kappa shape index (κ3) is 3.57. The maximum Gasteiger partial charge on any atom is 0.244 e. The highest BCUT2D eigenvalue weighted by atomic mass is 35.5. The molecule has 0 spiro atoms. The molecule has 0 radical (unpaired) electrons. The summed E-state index contributed by atoms with van der Waals surface area (Å²) in [5.41, 5.74) is 0.671. The summed E-state index contributed by atoms with van der Waals surface area (Å²) >= 11 is 6.09. The van der Waals surface area contributed by atoms with Gasteiger partial charge in [-0.05, 0) is 36.4 Å². The molecular weight excluding hydrogens is 318 g/mol. The predicted octanol–water partition coefficient (Wildman–Crippen LogP) is 2.46. The van der Waals surface area contributed by atoms with Crippen LogP contribution >= 0.6 is 11.6 Å². The van der Waals surface area contributed by atoms with Crippen LogP contribution in [0.25, 0.3) is 11.4 Å². The highest BCUT2D eigenvalue weighted by Gasteiger charge is 2.14. The van der Waals surface area contributed by atoms with Crippen molar-refractivity contribution in [3.63, 3.8) is 0 Å². The molecule has 1 N–H and O–H groups in total. The van der Waals surface area contributed by atoms with Gasteiger partial charge in [-0.3, -0.25) is 4.79 Å². The van der Waals surface area contributed by atoms with Crippen LogP contribution < -0.4 is 5.32 Å². The molecule has 0 saturated carbocycles. The number of nitrogens with one attached hydrogen (secondary N) is 1. The number of nitrogens with zero attached hydrogens (tertiary/aromatic N) is 4. The fourth-order valence-electron chi connectivity index (χ4n) is 2.08. The van der Waals surface area contributed by atoms with Crippen LogP contribution in [0.2, 0.25) is 5.02 Å². The van der Waals surface area contributed by atoms with Crippen LogP contribution in [-0.4, -0.2) is 26.1 Å². The van der Waals surface area contributed by atoms with Gasteiger partial charge in [0.05, 0.1) is 17.3 Å². The van der Waals surface area contributed by atoms with Crippen molar-refractivity contribution in [2.75, 3.05) is 0 Å². The monoisotopic (exact) mass is 331 g/mol. The van der Waals surface area contributed by atoms with Gasteiger partial charge in [0.2, 0.25) is 11.7 Å². The van der Waals surface area contributed by atoms with Crippen LogP contribution in [0.5, 0.6) is 0 Å². The number of benzene rings is 1. The van der Waals surface area contributed by atoms with Gasteiger partial charge in [0, 0.05) is 5.56 Å². The van der Waals surface area contributed by atoms with Crippen LogP contribution in [0.15, 0.2) is 47.1 Å². The van der Waals surface area contributed by atoms with E-state index in [1.165, 1.54) is 4.80 Å². The van der Waals surface area contributed by atoms with E-state index in [4.69, 9.17) is 16.0 Å². The van der Waals surface area contributed by atoms with Gasteiger partial charge in [-0.2, -0.15) is 4.80 Å². The summed E-state index contributed by atoms with van der Waals surface area (Å²) in [4.78, 5) is 13.2. The fourth-order valence-corrected chi connectivity index (χ4v) is 2.31. The smallest absolute Gasteiger partial charge is 0.244 e. The van der Waals surface area contributed by atoms with Crippen LogP contribution in [0, 0.1) is 0 Å². The minimum atomic E-state index is -0.239. The number of rotatable bonds is 5. The van der Waals surface area contributed by atoms with Crippen molar-refractivity contribution in [3.8, 4) is 11.4 Å². The number of carbonyl (C=O) groups is 1. The van der Waals surface area contributed by atoms with E-state index < -0.39 is 0 Å². The van der Waals surface area contributed by atoms with E-state index in [-0.39, 0.29) is 18.5 Å². The van der Waals surface area contributed by atoms with Crippen molar-refractivity contribution >= 4 is 17.5 Å². The molecule has 0 unspecified atom stereocenters. The highest BCUT2D eigenvalue weighted by molar-refractivity contribution is 6.33. The summed E-state index contributed by atoms with van der Waals surface area (Å²) < 4.78 is 5.24. The Hall–Kier alpha value is -2.67. The average molecular weight is 332 g/mol. The maximum atomic E-state index is 12.0. The Morgan fingerprint density at radius 1 is 1.35 bits per heavy atom. The van der Waals surface area contributed by atoms with Gasteiger partial charge in [-0.25, -0.2) is 0 Å². The molecule has 1 aromatic carbocycles. The molecule has 8 heteroatoms. The van der Waals surface area contributed by atoms with Gasteiger partial charge in [-0.15, -0.1) is 10.2 Å². The topological polar surface area (TPSA) is 85.8 Å². The Morgan fingerprint density at radius 3 is 2.91 bits per heavy atom. The average Bonchev–Trinajstić information content (AvgIpc) is 3.19. The lowest BCUT2D eigenvalue weighted by atomic mass is 10.2. The number of carbonyl (C=O) groups excluding carboxylic acids is 1. The van der Waals surface area contributed by atoms with Gasteiger partial charge >= 0.3 is 0 Å². The molecule has 2 heterocycles. The first-order chi connectivity index (χ1) is 11.1. The van der Waals surface area contributed by atoms with Crippen LogP contribution in [0.3, 0.4) is 0 Å². The van der Waals surface area contributed by atoms with E-state index >= 15 is 0 Å². The number of halogens is 1. The Balaban J connectivity index is 1.65. The first-order valence-corrected chi connectivity index (χ1v) is 7.37. The third-order valence-corrected chi connectivity index (χ3v) is 3.53. The Kier molecular flexibility index (Phi) is 4.38. The molecule has 0 aliphatic heterocycles. The second kappa shape index (κ2) is 6.62. The van der Waals surface area contributed by atoms with E-state index in [1.54, 1.807) is 30.5 Å². The fraction of sp³-hybridized carbons (Fsp3) is 0.200. The minimum Gasteiger partial charge on any atom is -0.467 e. The number of hydrogen-bond acceptors (Lipinski definition) is 5. The first-order valence-electron chi connectivity index (χ1n) is 6.99. The van der Waals surface area contributed by atoms with Crippen LogP contribution in [0.4, 0.5) is 0 Å². The van der Waals surface area contributed by atoms with Crippen molar-refractivity contribution in [2.24, 2.45) is 0 Å². The lowest BCUT2D eigenvalue weighted by molar-refractivity contribution is -0.122. The SMILES string of the molecule is C[C@@H](NC(=O)Cn1nnc(-c2ccccc2Cl)n1)c1ccco1. The summed E-state index contributed by atoms with van der Waals surface area (Å²) in [5, 5.41) is 15.3. The van der Waals surface area contributed by atoms with Gasteiger partial charge in [0.25, 0.3) is 0 Å². The largest absolute Gasteiger partial charge is 0.467 e. The number of aromatic nitrogens is 4. The quantitative estimate of drug-likeness (QED) is 0.776. The normalized spacial score (nSPS) is 12.1. The predicted molar refractivity (Wildman–Crippen MR) is 83.5 cm³/mol. The summed E-state index contributed by atoms with van der Waals surface area (Å²) in [6, 6.07) is 10.5. The second-order valence-electron chi connectivity index (χ2n) is 4.93. The summed E-state index contributed by atoms with van der Waals surface area (Å²) in [5.74, 6) is 0.821. The highest BCUT2D eigenvalue weighted by Crippen LogP contribution is 2.23. The maximum absolute atomic E-state index is 12.0. The molecule has 0 aliphatic carbocycles. The standard InChI is InChI=1S/C15H14ClN5O2/c1-10(13-7-4-8-23-13)17-14(22)9-21-19-15(18-20-21)11-5-2-3-6-12(11)16/h2-8,10H,9H2,1H3,(H,17,22)/t10-/m1/s1. The third-order valence-electron chi connectivity index (χ3n) is 3.20. The van der Waals surface area contributed by atoms with Crippen molar-refractivity contribution in [3.05, 3.63) is 53.4 Å². The van der Waals surface area contributed by atoms with E-state index in [0.29, 0.717) is 22.2 Å². The van der Waals surface area contributed by atoms with Gasteiger partial charge < -0.3 is 9.73 Å². The van der Waals surface area contributed by atoms with E-state index in [0.717, 1.165) is 0 Å². The summed E-state index contributed by atoms with van der Waals surface area (Å²) in [6.45, 7) is 1.79. The summed E-state index contributed by atoms with van der Waals surface area (Å²) in [7, 11) is 0. The number of tetrazole rings is 1. The molecule has 0 saturated heterocycles. The zero-order valence-corrected chi connectivity index (χ0v) is 13.1. The van der Waals surface area contributed by atoms with Gasteiger partial charge in [-0.1, -0.05) is 23.7 Å². The Bertz CT molecular complexity index is 800. The first kappa shape index (κ1) is 15.2. The molecule has 118 valence electrons. The molecule has 0 fully saturated rings. The number of amides is 1. The molecule has 23 heavy (non-hydrogen) atoms. The Morgan fingerprint density at radius 2 is 2.17 bits per heavy atom. The number of hydrogen-bond donors (Lipinski definition) is 1. The van der Waals surface area contributed by atoms with Crippen molar-refractivity contribution in [1.29, 1.82) is 0 Å². The molecule has 0 bridgehead atoms. The van der Waals surface area contributed by atoms with Crippen molar-refractivity contribution in [1.82, 2.24) is 25.5 Å². The lowest BCUT2D eigenvalue weighted by Crippen LogP contribution is -2.30. The minimum absolute atomic E-state index is 0.0392. The van der Waals surface area contributed by atoms with Crippen LogP contribution in [0.1, 0.15) is 18.7 Å². The van der Waals surface area contributed by atoms with Gasteiger partial charge in [0.15, 0.2) is 0 Å². The molecule has 3 rings (SSSR count). The molecule has 1 atom stereocenters. The van der Waals surface area contributed by atoms with Crippen LogP contribution in [-0.2, 0) is 11.3 Å². The second-order valence-corrected chi connectivity index (χ2v) is 5.34. The zero-order chi connectivity index (χ0) is 16.2. The number of furan rings is 1. The summed E-state index contributed by atoms with van der Waals surface area (Å²) in [6.07, 6.45) is 1.56. The van der Waals surface area contributed by atoms with E-state index in [1.807, 2.05) is 19.1 Å². The van der Waals surface area contributed by atoms with E-state index in [2.05, 4.69) is 20.7 Å².